The Morgan fingerprint density at radius 2 is 1.24 bits per heavy atom. The summed E-state index contributed by atoms with van der Waals surface area (Å²) in [5.41, 5.74) is 2.19. The Bertz CT molecular complexity index is 449. The number of halogens is 1. The minimum Gasteiger partial charge on any atom is -0.497 e. The topological polar surface area (TPSA) is 9.23 Å². The van der Waals surface area contributed by atoms with Gasteiger partial charge in [0.2, 0.25) is 0 Å². The van der Waals surface area contributed by atoms with E-state index in [4.69, 9.17) is 4.74 Å². The minimum atomic E-state index is -0.162. The van der Waals surface area contributed by atoms with Gasteiger partial charge in [0.05, 0.1) is 7.11 Å². The van der Waals surface area contributed by atoms with Crippen LogP contribution in [-0.4, -0.2) is 7.11 Å². The molecule has 2 heteroatoms. The van der Waals surface area contributed by atoms with E-state index in [9.17, 15) is 4.39 Å². The quantitative estimate of drug-likeness (QED) is 0.609. The summed E-state index contributed by atoms with van der Waals surface area (Å²) in [5, 5.41) is 0. The first kappa shape index (κ1) is 21.5. The van der Waals surface area contributed by atoms with E-state index in [2.05, 4.69) is 0 Å². The van der Waals surface area contributed by atoms with Gasteiger partial charge in [-0.05, 0) is 49.2 Å². The zero-order chi connectivity index (χ0) is 16.7. The van der Waals surface area contributed by atoms with E-state index < -0.39 is 0 Å². The van der Waals surface area contributed by atoms with Gasteiger partial charge in [0.25, 0.3) is 0 Å². The summed E-state index contributed by atoms with van der Waals surface area (Å²) in [6.07, 6.45) is 0. The molecule has 0 saturated heterocycles. The molecule has 0 spiro atoms. The first-order chi connectivity index (χ1) is 10.1. The number of methoxy groups -OCH3 is 1. The molecule has 118 valence electrons. The third-order valence-corrected chi connectivity index (χ3v) is 2.21. The van der Waals surface area contributed by atoms with Gasteiger partial charge in [-0.3, -0.25) is 0 Å². The van der Waals surface area contributed by atoms with Crippen LogP contribution in [0.25, 0.3) is 0 Å². The number of benzene rings is 2. The van der Waals surface area contributed by atoms with E-state index in [1.54, 1.807) is 13.2 Å². The van der Waals surface area contributed by atoms with Crippen molar-refractivity contribution in [3.63, 3.8) is 0 Å². The third kappa shape index (κ3) is 11.7. The standard InChI is InChI=1S/C8H10O.C7H7F.2C2H6/c1-7-4-3-5-8(6-7)9-2;1-6-3-2-4-7(8)5-6;2*1-2/h3-6H,1-2H3;2-5H,1H3;2*1-2H3. The summed E-state index contributed by atoms with van der Waals surface area (Å²) in [7, 11) is 1.68. The van der Waals surface area contributed by atoms with Gasteiger partial charge in [0, 0.05) is 0 Å². The average molecular weight is 292 g/mol. The van der Waals surface area contributed by atoms with Crippen LogP contribution in [0.3, 0.4) is 0 Å². The van der Waals surface area contributed by atoms with Gasteiger partial charge in [-0.15, -0.1) is 0 Å². The maximum absolute atomic E-state index is 12.2. The number of hydrogen-bond acceptors (Lipinski definition) is 1. The molecule has 2 rings (SSSR count). The van der Waals surface area contributed by atoms with Crippen molar-refractivity contribution in [3.8, 4) is 5.75 Å². The van der Waals surface area contributed by atoms with Crippen LogP contribution in [0.2, 0.25) is 0 Å². The van der Waals surface area contributed by atoms with Crippen LogP contribution in [0.15, 0.2) is 48.5 Å². The SMILES string of the molecule is CC.CC.COc1cccc(C)c1.Cc1cccc(F)c1. The summed E-state index contributed by atoms with van der Waals surface area (Å²) in [6.45, 7) is 11.9. The van der Waals surface area contributed by atoms with Gasteiger partial charge >= 0.3 is 0 Å². The molecular formula is C19H29FO. The summed E-state index contributed by atoms with van der Waals surface area (Å²) in [4.78, 5) is 0. The molecule has 0 unspecified atom stereocenters. The largest absolute Gasteiger partial charge is 0.497 e. The van der Waals surface area contributed by atoms with Crippen molar-refractivity contribution in [1.29, 1.82) is 0 Å². The van der Waals surface area contributed by atoms with Crippen LogP contribution in [0.1, 0.15) is 38.8 Å². The second kappa shape index (κ2) is 14.6. The zero-order valence-electron chi connectivity index (χ0n) is 14.4. The lowest BCUT2D eigenvalue weighted by atomic mass is 10.2. The molecule has 0 aliphatic heterocycles. The lowest BCUT2D eigenvalue weighted by Gasteiger charge is -1.97. The highest BCUT2D eigenvalue weighted by molar-refractivity contribution is 5.27. The molecule has 0 fully saturated rings. The molecule has 0 radical (unpaired) electrons. The predicted octanol–water partition coefficient (Wildman–Crippen LogP) is 6.19. The van der Waals surface area contributed by atoms with Crippen molar-refractivity contribution in [2.45, 2.75) is 41.5 Å². The number of ether oxygens (including phenoxy) is 1. The minimum absolute atomic E-state index is 0.162. The molecular weight excluding hydrogens is 263 g/mol. The molecule has 2 aromatic carbocycles. The first-order valence-corrected chi connectivity index (χ1v) is 7.44. The predicted molar refractivity (Wildman–Crippen MR) is 91.6 cm³/mol. The number of rotatable bonds is 1. The van der Waals surface area contributed by atoms with Crippen LogP contribution in [-0.2, 0) is 0 Å². The molecule has 0 atom stereocenters. The van der Waals surface area contributed by atoms with E-state index in [0.717, 1.165) is 11.3 Å². The van der Waals surface area contributed by atoms with E-state index >= 15 is 0 Å². The normalized spacial score (nSPS) is 8.00. The van der Waals surface area contributed by atoms with Gasteiger partial charge < -0.3 is 4.74 Å². The van der Waals surface area contributed by atoms with E-state index in [-0.39, 0.29) is 5.82 Å². The maximum atomic E-state index is 12.2. The van der Waals surface area contributed by atoms with Crippen molar-refractivity contribution in [2.75, 3.05) is 7.11 Å². The summed E-state index contributed by atoms with van der Waals surface area (Å²) >= 11 is 0. The smallest absolute Gasteiger partial charge is 0.123 e. The monoisotopic (exact) mass is 292 g/mol. The number of hydrogen-bond donors (Lipinski definition) is 0. The van der Waals surface area contributed by atoms with Gasteiger partial charge in [-0.25, -0.2) is 4.39 Å². The van der Waals surface area contributed by atoms with Crippen LogP contribution < -0.4 is 4.74 Å². The van der Waals surface area contributed by atoms with Crippen molar-refractivity contribution >= 4 is 0 Å². The van der Waals surface area contributed by atoms with E-state index in [1.165, 1.54) is 17.7 Å². The summed E-state index contributed by atoms with van der Waals surface area (Å²) < 4.78 is 17.2. The second-order valence-corrected chi connectivity index (χ2v) is 3.82. The molecule has 0 aliphatic carbocycles. The fourth-order valence-corrected chi connectivity index (χ4v) is 1.35. The van der Waals surface area contributed by atoms with Crippen molar-refractivity contribution in [1.82, 2.24) is 0 Å². The molecule has 0 aromatic heterocycles. The average Bonchev–Trinajstić information content (AvgIpc) is 2.51. The fraction of sp³-hybridized carbons (Fsp3) is 0.368. The highest BCUT2D eigenvalue weighted by atomic mass is 19.1. The Hall–Kier alpha value is -1.83. The van der Waals surface area contributed by atoms with Gasteiger partial charge in [-0.1, -0.05) is 52.0 Å². The van der Waals surface area contributed by atoms with Gasteiger partial charge in [0.15, 0.2) is 0 Å². The lowest BCUT2D eigenvalue weighted by molar-refractivity contribution is 0.414. The van der Waals surface area contributed by atoms with Crippen LogP contribution in [0.4, 0.5) is 4.39 Å². The lowest BCUT2D eigenvalue weighted by Crippen LogP contribution is -1.81. The van der Waals surface area contributed by atoms with Crippen molar-refractivity contribution in [3.05, 3.63) is 65.5 Å². The Morgan fingerprint density at radius 3 is 1.52 bits per heavy atom. The molecule has 21 heavy (non-hydrogen) atoms. The van der Waals surface area contributed by atoms with Gasteiger partial charge in [0.1, 0.15) is 11.6 Å². The Kier molecular flexibility index (Phi) is 14.9. The summed E-state index contributed by atoms with van der Waals surface area (Å²) in [5.74, 6) is 0.764. The first-order valence-electron chi connectivity index (χ1n) is 7.44. The molecule has 0 N–H and O–H groups in total. The molecule has 0 saturated carbocycles. The van der Waals surface area contributed by atoms with Crippen molar-refractivity contribution < 1.29 is 9.13 Å². The maximum Gasteiger partial charge on any atom is 0.123 e. The van der Waals surface area contributed by atoms with Crippen LogP contribution in [0.5, 0.6) is 5.75 Å². The highest BCUT2D eigenvalue weighted by Crippen LogP contribution is 2.10. The molecule has 0 bridgehead atoms. The van der Waals surface area contributed by atoms with E-state index in [1.807, 2.05) is 71.9 Å². The fourth-order valence-electron chi connectivity index (χ4n) is 1.35. The Labute approximate surface area is 129 Å². The molecule has 0 amide bonds. The molecule has 1 nitrogen and oxygen atoms in total. The summed E-state index contributed by atoms with van der Waals surface area (Å²) in [6, 6.07) is 14.5. The second-order valence-electron chi connectivity index (χ2n) is 3.82. The molecule has 0 heterocycles. The van der Waals surface area contributed by atoms with Gasteiger partial charge in [-0.2, -0.15) is 0 Å². The van der Waals surface area contributed by atoms with Crippen LogP contribution in [0, 0.1) is 19.7 Å². The zero-order valence-corrected chi connectivity index (χ0v) is 14.4. The van der Waals surface area contributed by atoms with E-state index in [0.29, 0.717) is 0 Å². The Morgan fingerprint density at radius 1 is 0.762 bits per heavy atom. The highest BCUT2D eigenvalue weighted by Gasteiger charge is 1.86. The molecule has 2 aromatic rings. The van der Waals surface area contributed by atoms with Crippen LogP contribution >= 0.6 is 0 Å². The molecule has 0 aliphatic rings. The third-order valence-electron chi connectivity index (χ3n) is 2.21. The van der Waals surface area contributed by atoms with Crippen molar-refractivity contribution in [2.24, 2.45) is 0 Å². The Balaban J connectivity index is 0. The number of aryl methyl sites for hydroxylation is 2.